The largest absolute Gasteiger partial charge is 0.482 e. The summed E-state index contributed by atoms with van der Waals surface area (Å²) in [6.45, 7) is 0.349. The number of rotatable bonds is 11. The van der Waals surface area contributed by atoms with Gasteiger partial charge in [0.05, 0.1) is 35.5 Å². The number of pyridine rings is 1. The van der Waals surface area contributed by atoms with E-state index in [2.05, 4.69) is 15.0 Å². The maximum Gasteiger partial charge on any atom is 0.422 e. The van der Waals surface area contributed by atoms with E-state index in [1.165, 1.54) is 13.8 Å². The SMILES string of the molecule is CCOC(=O)c1cc(C(F)(F)C(C)(F)F)sc1CNc1ncc(OCC(F)(F)F)cc1S(=O)(=O)CC. The van der Waals surface area contributed by atoms with Crippen molar-refractivity contribution < 1.29 is 53.4 Å². The molecule has 2 aromatic rings. The van der Waals surface area contributed by atoms with E-state index in [9.17, 15) is 43.9 Å². The highest BCUT2D eigenvalue weighted by Gasteiger charge is 2.55. The van der Waals surface area contributed by atoms with Gasteiger partial charge in [-0.15, -0.1) is 11.3 Å². The fourth-order valence-corrected chi connectivity index (χ4v) is 4.85. The van der Waals surface area contributed by atoms with E-state index in [4.69, 9.17) is 4.74 Å². The number of carbonyl (C=O) groups is 1. The second kappa shape index (κ2) is 10.8. The maximum atomic E-state index is 14.2. The molecule has 0 fully saturated rings. The number of ether oxygens (including phenoxy) is 2. The van der Waals surface area contributed by atoms with Gasteiger partial charge >= 0.3 is 24.0 Å². The fourth-order valence-electron chi connectivity index (χ4n) is 2.67. The van der Waals surface area contributed by atoms with Crippen LogP contribution in [0, 0.1) is 0 Å². The van der Waals surface area contributed by atoms with Crippen molar-refractivity contribution in [3.05, 3.63) is 33.6 Å². The predicted octanol–water partition coefficient (Wildman–Crippen LogP) is 5.41. The van der Waals surface area contributed by atoms with Gasteiger partial charge in [0.25, 0.3) is 0 Å². The second-order valence-electron chi connectivity index (χ2n) is 7.31. The summed E-state index contributed by atoms with van der Waals surface area (Å²) in [7, 11) is -4.08. The summed E-state index contributed by atoms with van der Waals surface area (Å²) in [5, 5.41) is 2.51. The molecule has 0 bridgehead atoms. The molecule has 16 heteroatoms. The van der Waals surface area contributed by atoms with Crippen molar-refractivity contribution in [1.82, 2.24) is 4.98 Å². The molecule has 2 aromatic heterocycles. The molecule has 0 aromatic carbocycles. The summed E-state index contributed by atoms with van der Waals surface area (Å²) in [4.78, 5) is 14.1. The number of hydrogen-bond donors (Lipinski definition) is 1. The highest BCUT2D eigenvalue weighted by molar-refractivity contribution is 7.91. The van der Waals surface area contributed by atoms with Gasteiger partial charge in [0.1, 0.15) is 16.5 Å². The molecule has 2 rings (SSSR count). The Morgan fingerprint density at radius 2 is 1.75 bits per heavy atom. The zero-order chi connectivity index (χ0) is 27.5. The van der Waals surface area contributed by atoms with Crippen molar-refractivity contribution in [2.24, 2.45) is 0 Å². The third-order valence-corrected chi connectivity index (χ3v) is 7.47. The number of esters is 1. The molecule has 0 spiro atoms. The highest BCUT2D eigenvalue weighted by Crippen LogP contribution is 2.46. The molecule has 2 heterocycles. The van der Waals surface area contributed by atoms with Gasteiger partial charge in [0.2, 0.25) is 0 Å². The Balaban J connectivity index is 2.46. The van der Waals surface area contributed by atoms with Crippen molar-refractivity contribution in [1.29, 1.82) is 0 Å². The first-order chi connectivity index (χ1) is 16.4. The third kappa shape index (κ3) is 6.99. The Hall–Kier alpha value is -2.62. The molecule has 1 N–H and O–H groups in total. The third-order valence-electron chi connectivity index (χ3n) is 4.53. The van der Waals surface area contributed by atoms with Gasteiger partial charge in [-0.25, -0.2) is 18.2 Å². The van der Waals surface area contributed by atoms with Gasteiger partial charge < -0.3 is 14.8 Å². The number of carbonyl (C=O) groups excluding carboxylic acids is 1. The number of hydrogen-bond acceptors (Lipinski definition) is 8. The van der Waals surface area contributed by atoms with Crippen LogP contribution in [0.4, 0.5) is 36.6 Å². The smallest absolute Gasteiger partial charge is 0.422 e. The van der Waals surface area contributed by atoms with Crippen molar-refractivity contribution in [3.63, 3.8) is 0 Å². The summed E-state index contributed by atoms with van der Waals surface area (Å²) in [6, 6.07) is 1.38. The summed E-state index contributed by atoms with van der Waals surface area (Å²) < 4.78 is 127. The second-order valence-corrected chi connectivity index (χ2v) is 10.7. The van der Waals surface area contributed by atoms with Crippen LogP contribution >= 0.6 is 11.3 Å². The maximum absolute atomic E-state index is 14.2. The van der Waals surface area contributed by atoms with Gasteiger partial charge in [-0.2, -0.15) is 30.7 Å². The van der Waals surface area contributed by atoms with Crippen LogP contribution in [0.15, 0.2) is 23.2 Å². The van der Waals surface area contributed by atoms with Gasteiger partial charge in [0.15, 0.2) is 16.4 Å². The summed E-state index contributed by atoms with van der Waals surface area (Å²) >= 11 is 0.180. The Kier molecular flexibility index (Phi) is 8.87. The summed E-state index contributed by atoms with van der Waals surface area (Å²) in [5.41, 5.74) is -0.446. The van der Waals surface area contributed by atoms with Crippen LogP contribution in [0.2, 0.25) is 0 Å². The topological polar surface area (TPSA) is 94.6 Å². The zero-order valence-electron chi connectivity index (χ0n) is 19.0. The first-order valence-corrected chi connectivity index (χ1v) is 12.6. The standard InChI is InChI=1S/C20H21F7N2O5S2/c1-4-33-17(30)12-7-15(20(26,27)18(3,21)22)35-13(12)9-29-16-14(36(31,32)5-2)6-11(8-28-16)34-10-19(23,24)25/h6-8H,4-5,9-10H2,1-3H3,(H,28,29). The average molecular weight is 567 g/mol. The Morgan fingerprint density at radius 3 is 2.28 bits per heavy atom. The molecule has 0 saturated heterocycles. The average Bonchev–Trinajstić information content (AvgIpc) is 3.20. The van der Waals surface area contributed by atoms with Crippen LogP contribution in [-0.4, -0.2) is 50.4 Å². The molecule has 0 atom stereocenters. The van der Waals surface area contributed by atoms with Crippen LogP contribution < -0.4 is 10.1 Å². The van der Waals surface area contributed by atoms with E-state index in [0.717, 1.165) is 12.3 Å². The molecule has 0 aliphatic heterocycles. The molecule has 0 radical (unpaired) electrons. The van der Waals surface area contributed by atoms with Crippen LogP contribution in [0.3, 0.4) is 0 Å². The van der Waals surface area contributed by atoms with Crippen LogP contribution in [-0.2, 0) is 27.0 Å². The number of halogens is 7. The molecule has 36 heavy (non-hydrogen) atoms. The van der Waals surface area contributed by atoms with Gasteiger partial charge in [0, 0.05) is 17.9 Å². The van der Waals surface area contributed by atoms with E-state index in [0.29, 0.717) is 6.07 Å². The zero-order valence-corrected chi connectivity index (χ0v) is 20.6. The number of nitrogens with zero attached hydrogens (tertiary/aromatic N) is 1. The lowest BCUT2D eigenvalue weighted by atomic mass is 10.1. The molecule has 0 saturated carbocycles. The minimum absolute atomic E-state index is 0.0168. The van der Waals surface area contributed by atoms with Crippen molar-refractivity contribution >= 4 is 33.0 Å². The number of thiophene rings is 1. The Morgan fingerprint density at radius 1 is 1.11 bits per heavy atom. The number of nitrogens with one attached hydrogen (secondary N) is 1. The quantitative estimate of drug-likeness (QED) is 0.287. The molecular formula is C20H21F7N2O5S2. The number of anilines is 1. The van der Waals surface area contributed by atoms with E-state index >= 15 is 0 Å². The Bertz CT molecular complexity index is 1190. The monoisotopic (exact) mass is 566 g/mol. The lowest BCUT2D eigenvalue weighted by Gasteiger charge is -2.21. The van der Waals surface area contributed by atoms with Crippen LogP contribution in [0.1, 0.15) is 40.9 Å². The van der Waals surface area contributed by atoms with Gasteiger partial charge in [-0.1, -0.05) is 6.92 Å². The minimum atomic E-state index is -4.70. The van der Waals surface area contributed by atoms with Crippen LogP contribution in [0.5, 0.6) is 5.75 Å². The lowest BCUT2D eigenvalue weighted by molar-refractivity contribution is -0.202. The molecular weight excluding hydrogens is 545 g/mol. The van der Waals surface area contributed by atoms with Crippen molar-refractivity contribution in [2.75, 3.05) is 24.3 Å². The van der Waals surface area contributed by atoms with E-state index in [1.54, 1.807) is 0 Å². The predicted molar refractivity (Wildman–Crippen MR) is 116 cm³/mol. The van der Waals surface area contributed by atoms with Gasteiger partial charge in [-0.05, 0) is 13.0 Å². The van der Waals surface area contributed by atoms with Crippen molar-refractivity contribution in [3.8, 4) is 5.75 Å². The fraction of sp³-hybridized carbons (Fsp3) is 0.500. The number of sulfone groups is 1. The summed E-state index contributed by atoms with van der Waals surface area (Å²) in [5.74, 6) is -11.5. The molecule has 7 nitrogen and oxygen atoms in total. The normalized spacial score (nSPS) is 12.9. The molecule has 0 aliphatic carbocycles. The molecule has 0 unspecified atom stereocenters. The lowest BCUT2D eigenvalue weighted by Crippen LogP contribution is -2.34. The Labute approximate surface area is 205 Å². The van der Waals surface area contributed by atoms with Crippen molar-refractivity contribution in [2.45, 2.75) is 50.2 Å². The molecule has 202 valence electrons. The first kappa shape index (κ1) is 29.6. The number of alkyl halides is 7. The number of aromatic nitrogens is 1. The summed E-state index contributed by atoms with van der Waals surface area (Å²) in [6.07, 6.45) is -3.89. The van der Waals surface area contributed by atoms with E-state index < -0.39 is 73.8 Å². The van der Waals surface area contributed by atoms with E-state index in [-0.39, 0.29) is 35.6 Å². The highest BCUT2D eigenvalue weighted by atomic mass is 32.2. The molecule has 0 aliphatic rings. The minimum Gasteiger partial charge on any atom is -0.482 e. The van der Waals surface area contributed by atoms with E-state index in [1.807, 2.05) is 0 Å². The van der Waals surface area contributed by atoms with Gasteiger partial charge in [-0.3, -0.25) is 0 Å². The van der Waals surface area contributed by atoms with Crippen LogP contribution in [0.25, 0.3) is 0 Å². The first-order valence-electron chi connectivity index (χ1n) is 10.1. The molecule has 0 amide bonds.